The maximum Gasteiger partial charge on any atom is 0.344 e. The normalized spacial score (nSPS) is 11.9. The Balaban J connectivity index is 3.08. The van der Waals surface area contributed by atoms with Gasteiger partial charge in [0, 0.05) is 0 Å². The quantitative estimate of drug-likeness (QED) is 0.751. The van der Waals surface area contributed by atoms with Gasteiger partial charge in [-0.15, -0.1) is 0 Å². The van der Waals surface area contributed by atoms with E-state index in [9.17, 15) is 4.79 Å². The third-order valence-corrected chi connectivity index (χ3v) is 2.68. The summed E-state index contributed by atoms with van der Waals surface area (Å²) >= 11 is 0. The lowest BCUT2D eigenvalue weighted by atomic mass is 10.1. The second-order valence-corrected chi connectivity index (χ2v) is 4.07. The molecule has 0 saturated heterocycles. The smallest absolute Gasteiger partial charge is 0.344 e. The van der Waals surface area contributed by atoms with Crippen LogP contribution in [0.25, 0.3) is 0 Å². The zero-order chi connectivity index (χ0) is 14.3. The zero-order valence-corrected chi connectivity index (χ0v) is 11.4. The van der Waals surface area contributed by atoms with Crippen LogP contribution >= 0.6 is 0 Å². The third kappa shape index (κ3) is 4.13. The van der Waals surface area contributed by atoms with Crippen LogP contribution in [0.5, 0.6) is 11.5 Å². The molecule has 0 bridgehead atoms. The molecule has 5 heteroatoms. The fraction of sp³-hybridized carbons (Fsp3) is 0.500. The monoisotopic (exact) mass is 267 g/mol. The van der Waals surface area contributed by atoms with Gasteiger partial charge < -0.3 is 20.3 Å². The summed E-state index contributed by atoms with van der Waals surface area (Å²) in [5.41, 5.74) is 6.43. The van der Waals surface area contributed by atoms with Gasteiger partial charge in [-0.3, -0.25) is 0 Å². The van der Waals surface area contributed by atoms with Crippen LogP contribution < -0.4 is 15.2 Å². The summed E-state index contributed by atoms with van der Waals surface area (Å²) in [5, 5.41) is 9.09. The number of hydrogen-bond acceptors (Lipinski definition) is 4. The summed E-state index contributed by atoms with van der Waals surface area (Å²) in [7, 11) is 0. The average Bonchev–Trinajstić information content (AvgIpc) is 2.38. The Morgan fingerprint density at radius 2 is 2.16 bits per heavy atom. The van der Waals surface area contributed by atoms with Crippen molar-refractivity contribution < 1.29 is 19.4 Å². The third-order valence-electron chi connectivity index (χ3n) is 2.68. The molecule has 1 rings (SSSR count). The predicted molar refractivity (Wildman–Crippen MR) is 72.7 cm³/mol. The highest BCUT2D eigenvalue weighted by atomic mass is 16.5. The van der Waals surface area contributed by atoms with E-state index in [2.05, 4.69) is 0 Å². The molecule has 0 aliphatic heterocycles. The molecule has 0 aromatic heterocycles. The molecule has 0 fully saturated rings. The molecule has 0 amide bonds. The van der Waals surface area contributed by atoms with Crippen molar-refractivity contribution >= 4 is 5.97 Å². The van der Waals surface area contributed by atoms with E-state index in [0.29, 0.717) is 37.5 Å². The first kappa shape index (κ1) is 15.3. The summed E-state index contributed by atoms with van der Waals surface area (Å²) < 4.78 is 11.1. The van der Waals surface area contributed by atoms with Crippen LogP contribution in [0.3, 0.4) is 0 Å². The molecule has 1 atom stereocenters. The number of aliphatic carboxylic acids is 1. The molecular formula is C14H21NO4. The van der Waals surface area contributed by atoms with E-state index in [1.807, 2.05) is 19.1 Å². The Morgan fingerprint density at radius 3 is 2.68 bits per heavy atom. The molecule has 0 aliphatic rings. The summed E-state index contributed by atoms with van der Waals surface area (Å²) in [6, 6.07) is 5.50. The second-order valence-electron chi connectivity index (χ2n) is 4.07. The van der Waals surface area contributed by atoms with Gasteiger partial charge in [0.15, 0.2) is 17.6 Å². The molecule has 1 aromatic carbocycles. The van der Waals surface area contributed by atoms with Crippen LogP contribution in [0.1, 0.15) is 25.8 Å². The Bertz CT molecular complexity index is 396. The fourth-order valence-electron chi connectivity index (χ4n) is 1.77. The first-order valence-corrected chi connectivity index (χ1v) is 6.48. The lowest BCUT2D eigenvalue weighted by Crippen LogP contribution is -2.26. The van der Waals surface area contributed by atoms with Gasteiger partial charge in [-0.2, -0.15) is 0 Å². The number of ether oxygens (including phenoxy) is 2. The minimum Gasteiger partial charge on any atom is -0.490 e. The number of benzene rings is 1. The molecule has 0 radical (unpaired) electrons. The van der Waals surface area contributed by atoms with Crippen molar-refractivity contribution in [2.45, 2.75) is 32.8 Å². The van der Waals surface area contributed by atoms with E-state index in [4.69, 9.17) is 20.3 Å². The van der Waals surface area contributed by atoms with Gasteiger partial charge in [0.2, 0.25) is 0 Å². The van der Waals surface area contributed by atoms with Gasteiger partial charge in [0.1, 0.15) is 0 Å². The summed E-state index contributed by atoms with van der Waals surface area (Å²) in [6.45, 7) is 4.60. The van der Waals surface area contributed by atoms with Gasteiger partial charge in [0.25, 0.3) is 0 Å². The summed E-state index contributed by atoms with van der Waals surface area (Å²) in [4.78, 5) is 11.1. The molecule has 106 valence electrons. The Labute approximate surface area is 113 Å². The van der Waals surface area contributed by atoms with E-state index in [0.717, 1.165) is 5.56 Å². The minimum atomic E-state index is -0.979. The topological polar surface area (TPSA) is 81.8 Å². The number of nitrogens with two attached hydrogens (primary N) is 1. The zero-order valence-electron chi connectivity index (χ0n) is 11.4. The van der Waals surface area contributed by atoms with Crippen LogP contribution in [-0.2, 0) is 11.2 Å². The molecule has 0 aliphatic carbocycles. The number of carboxylic acid groups (broad SMARTS) is 1. The molecular weight excluding hydrogens is 246 g/mol. The summed E-state index contributed by atoms with van der Waals surface area (Å²) in [5.74, 6) is 0.0738. The van der Waals surface area contributed by atoms with Gasteiger partial charge in [-0.1, -0.05) is 19.1 Å². The highest BCUT2D eigenvalue weighted by Gasteiger charge is 2.21. The molecule has 3 N–H and O–H groups in total. The highest BCUT2D eigenvalue weighted by Crippen LogP contribution is 2.33. The SMILES string of the molecule is CCOc1cccc(CCN)c1OC(CC)C(=O)O. The maximum atomic E-state index is 11.1. The van der Waals surface area contributed by atoms with Crippen LogP contribution in [0.2, 0.25) is 0 Å². The van der Waals surface area contributed by atoms with Crippen LogP contribution in [0.4, 0.5) is 0 Å². The Morgan fingerprint density at radius 1 is 1.42 bits per heavy atom. The molecule has 0 spiro atoms. The first-order chi connectivity index (χ1) is 9.13. The fourth-order valence-corrected chi connectivity index (χ4v) is 1.77. The van der Waals surface area contributed by atoms with Gasteiger partial charge >= 0.3 is 5.97 Å². The molecule has 1 aromatic rings. The van der Waals surface area contributed by atoms with Crippen molar-refractivity contribution in [3.8, 4) is 11.5 Å². The van der Waals surface area contributed by atoms with E-state index in [-0.39, 0.29) is 0 Å². The van der Waals surface area contributed by atoms with E-state index < -0.39 is 12.1 Å². The number of hydrogen-bond donors (Lipinski definition) is 2. The van der Waals surface area contributed by atoms with E-state index in [1.165, 1.54) is 0 Å². The number of para-hydroxylation sites is 1. The standard InChI is InChI=1S/C14H21NO4/c1-3-11(14(16)17)19-13-10(8-9-15)6-5-7-12(13)18-4-2/h5-7,11H,3-4,8-9,15H2,1-2H3,(H,16,17). The van der Waals surface area contributed by atoms with Crippen molar-refractivity contribution in [3.05, 3.63) is 23.8 Å². The number of rotatable bonds is 8. The molecule has 0 heterocycles. The van der Waals surface area contributed by atoms with Crippen molar-refractivity contribution in [1.82, 2.24) is 0 Å². The first-order valence-electron chi connectivity index (χ1n) is 6.48. The van der Waals surface area contributed by atoms with Gasteiger partial charge in [-0.05, 0) is 37.9 Å². The number of carbonyl (C=O) groups is 1. The number of carboxylic acids is 1. The lowest BCUT2D eigenvalue weighted by molar-refractivity contribution is -0.145. The Hall–Kier alpha value is -1.75. The van der Waals surface area contributed by atoms with E-state index in [1.54, 1.807) is 13.0 Å². The van der Waals surface area contributed by atoms with Crippen molar-refractivity contribution in [2.75, 3.05) is 13.2 Å². The van der Waals surface area contributed by atoms with Crippen molar-refractivity contribution in [1.29, 1.82) is 0 Å². The van der Waals surface area contributed by atoms with Crippen molar-refractivity contribution in [2.24, 2.45) is 5.73 Å². The predicted octanol–water partition coefficient (Wildman–Crippen LogP) is 1.83. The Kier molecular flexibility index (Phi) is 6.15. The molecule has 5 nitrogen and oxygen atoms in total. The molecule has 19 heavy (non-hydrogen) atoms. The summed E-state index contributed by atoms with van der Waals surface area (Å²) in [6.07, 6.45) is 0.127. The van der Waals surface area contributed by atoms with Crippen molar-refractivity contribution in [3.63, 3.8) is 0 Å². The minimum absolute atomic E-state index is 0.387. The lowest BCUT2D eigenvalue weighted by Gasteiger charge is -2.19. The largest absolute Gasteiger partial charge is 0.490 e. The highest BCUT2D eigenvalue weighted by molar-refractivity contribution is 5.73. The molecule has 0 saturated carbocycles. The van der Waals surface area contributed by atoms with Crippen LogP contribution in [-0.4, -0.2) is 30.3 Å². The van der Waals surface area contributed by atoms with Crippen LogP contribution in [0, 0.1) is 0 Å². The average molecular weight is 267 g/mol. The maximum absolute atomic E-state index is 11.1. The van der Waals surface area contributed by atoms with Gasteiger partial charge in [0.05, 0.1) is 6.61 Å². The van der Waals surface area contributed by atoms with Gasteiger partial charge in [-0.25, -0.2) is 4.79 Å². The molecule has 1 unspecified atom stereocenters. The van der Waals surface area contributed by atoms with E-state index >= 15 is 0 Å². The van der Waals surface area contributed by atoms with Crippen LogP contribution in [0.15, 0.2) is 18.2 Å². The second kappa shape index (κ2) is 7.63.